The Balaban J connectivity index is 1.60. The fourth-order valence-corrected chi connectivity index (χ4v) is 9.71. The Morgan fingerprint density at radius 1 is 1.00 bits per heavy atom. The highest BCUT2D eigenvalue weighted by atomic mass is 28.4. The molecule has 0 bridgehead atoms. The molecule has 4 heteroatoms. The van der Waals surface area contributed by atoms with E-state index >= 15 is 0 Å². The van der Waals surface area contributed by atoms with Crippen molar-refractivity contribution in [3.63, 3.8) is 0 Å². The van der Waals surface area contributed by atoms with Gasteiger partial charge >= 0.3 is 0 Å². The number of nitrogens with zero attached hydrogens (tertiary/aromatic N) is 1. The van der Waals surface area contributed by atoms with Gasteiger partial charge in [-0.15, -0.1) is 0 Å². The van der Waals surface area contributed by atoms with Crippen molar-refractivity contribution in [3.8, 4) is 0 Å². The third-order valence-corrected chi connectivity index (χ3v) is 12.3. The van der Waals surface area contributed by atoms with Crippen molar-refractivity contribution in [1.82, 2.24) is 4.90 Å². The van der Waals surface area contributed by atoms with Gasteiger partial charge in [0.1, 0.15) is 0 Å². The highest BCUT2D eigenvalue weighted by Crippen LogP contribution is 2.46. The summed E-state index contributed by atoms with van der Waals surface area (Å²) in [5, 5.41) is 12.0. The van der Waals surface area contributed by atoms with Gasteiger partial charge in [-0.3, -0.25) is 4.90 Å². The van der Waals surface area contributed by atoms with Crippen molar-refractivity contribution in [2.75, 3.05) is 13.2 Å². The first-order chi connectivity index (χ1) is 13.9. The van der Waals surface area contributed by atoms with E-state index in [0.717, 1.165) is 42.6 Å². The summed E-state index contributed by atoms with van der Waals surface area (Å²) in [4.78, 5) is 14.9. The molecule has 0 aromatic heterocycles. The maximum atomic E-state index is 12.3. The van der Waals surface area contributed by atoms with E-state index in [9.17, 15) is 9.90 Å². The summed E-state index contributed by atoms with van der Waals surface area (Å²) in [6.45, 7) is 5.93. The zero-order valence-corrected chi connectivity index (χ0v) is 18.8. The zero-order valence-electron chi connectivity index (χ0n) is 17.8. The van der Waals surface area contributed by atoms with Gasteiger partial charge in [0, 0.05) is 11.6 Å². The average Bonchev–Trinajstić information content (AvgIpc) is 3.32. The normalized spacial score (nSPS) is 25.3. The van der Waals surface area contributed by atoms with Crippen LogP contribution in [0.25, 0.3) is 0 Å². The molecule has 0 unspecified atom stereocenters. The summed E-state index contributed by atoms with van der Waals surface area (Å²) in [5.74, 6) is 0. The van der Waals surface area contributed by atoms with Crippen LogP contribution in [0.2, 0.25) is 5.04 Å². The highest BCUT2D eigenvalue weighted by molar-refractivity contribution is 6.98. The van der Waals surface area contributed by atoms with Crippen molar-refractivity contribution in [2.24, 2.45) is 0 Å². The molecule has 2 fully saturated rings. The lowest BCUT2D eigenvalue weighted by Crippen LogP contribution is -2.65. The van der Waals surface area contributed by atoms with Crippen LogP contribution in [0.3, 0.4) is 0 Å². The quantitative estimate of drug-likeness (QED) is 0.690. The molecule has 2 atom stereocenters. The Kier molecular flexibility index (Phi) is 5.73. The molecule has 0 saturated carbocycles. The van der Waals surface area contributed by atoms with Crippen molar-refractivity contribution in [1.29, 1.82) is 0 Å². The van der Waals surface area contributed by atoms with E-state index in [-0.39, 0.29) is 10.6 Å². The number of benzene rings is 2. The number of rotatable bonds is 7. The molecule has 3 nitrogen and oxygen atoms in total. The second-order valence-electron chi connectivity index (χ2n) is 9.74. The second-order valence-corrected chi connectivity index (χ2v) is 13.7. The third-order valence-electron chi connectivity index (χ3n) is 7.79. The Hall–Kier alpha value is -1.46. The van der Waals surface area contributed by atoms with Crippen LogP contribution in [0.4, 0.5) is 0 Å². The lowest BCUT2D eigenvalue weighted by atomic mass is 9.95. The summed E-state index contributed by atoms with van der Waals surface area (Å²) in [7, 11) is -2.93. The molecule has 29 heavy (non-hydrogen) atoms. The van der Waals surface area contributed by atoms with Crippen LogP contribution in [-0.4, -0.2) is 47.9 Å². The van der Waals surface area contributed by atoms with Crippen LogP contribution in [0.1, 0.15) is 52.4 Å². The Morgan fingerprint density at radius 2 is 1.59 bits per heavy atom. The van der Waals surface area contributed by atoms with Gasteiger partial charge in [0.2, 0.25) is 0 Å². The molecule has 2 aliphatic heterocycles. The van der Waals surface area contributed by atoms with Crippen LogP contribution in [0.5, 0.6) is 0 Å². The van der Waals surface area contributed by atoms with E-state index < -0.39 is 8.32 Å². The maximum absolute atomic E-state index is 12.3. The van der Waals surface area contributed by atoms with Crippen LogP contribution in [0.15, 0.2) is 60.7 Å². The number of fused-ring (bicyclic) bond motifs is 1. The second kappa shape index (κ2) is 7.99. The highest BCUT2D eigenvalue weighted by Gasteiger charge is 2.52. The molecule has 0 radical (unpaired) electrons. The van der Waals surface area contributed by atoms with E-state index in [4.69, 9.17) is 0 Å². The summed E-state index contributed by atoms with van der Waals surface area (Å²) >= 11 is 0. The van der Waals surface area contributed by atoms with E-state index in [0.29, 0.717) is 12.6 Å². The van der Waals surface area contributed by atoms with E-state index in [1.807, 2.05) is 36.4 Å². The monoisotopic (exact) mass is 409 g/mol. The number of hydrogen-bond acceptors (Lipinski definition) is 3. The topological polar surface area (TPSA) is 43.7 Å². The Labute approximate surface area is 176 Å². The average molecular weight is 410 g/mol. The minimum Gasteiger partial charge on any atom is -0.424 e. The molecule has 0 amide bonds. The van der Waals surface area contributed by atoms with Crippen LogP contribution in [0, 0.1) is 0 Å². The van der Waals surface area contributed by atoms with Crippen LogP contribution >= 0.6 is 0 Å². The SMILES string of the molecule is CC(C)(CC[C@@H]1CC[C@@]2(CO)CCCN12)[Si](O)(c1ccccc1)c1ccccc1. The smallest absolute Gasteiger partial charge is 0.258 e. The lowest BCUT2D eigenvalue weighted by molar-refractivity contribution is 0.0741. The summed E-state index contributed by atoms with van der Waals surface area (Å²) in [5.41, 5.74) is 0.0431. The van der Waals surface area contributed by atoms with Crippen molar-refractivity contribution >= 4 is 18.7 Å². The van der Waals surface area contributed by atoms with E-state index in [1.54, 1.807) is 0 Å². The molecule has 156 valence electrons. The molecule has 2 aliphatic rings. The zero-order chi connectivity index (χ0) is 20.5. The van der Waals surface area contributed by atoms with Gasteiger partial charge in [0.15, 0.2) is 0 Å². The van der Waals surface area contributed by atoms with Gasteiger partial charge in [0.05, 0.1) is 6.61 Å². The number of aliphatic hydroxyl groups is 1. The molecule has 2 N–H and O–H groups in total. The fraction of sp³-hybridized carbons (Fsp3) is 0.520. The molecule has 2 aromatic rings. The van der Waals surface area contributed by atoms with Crippen molar-refractivity contribution < 1.29 is 9.90 Å². The predicted molar refractivity (Wildman–Crippen MR) is 122 cm³/mol. The molecule has 2 heterocycles. The molecular weight excluding hydrogens is 374 g/mol. The number of hydrogen-bond donors (Lipinski definition) is 2. The molecule has 0 spiro atoms. The van der Waals surface area contributed by atoms with Gasteiger partial charge in [-0.1, -0.05) is 74.5 Å². The molecule has 2 saturated heterocycles. The first kappa shape index (κ1) is 20.8. The minimum absolute atomic E-state index is 0.0431. The van der Waals surface area contributed by atoms with E-state index in [1.165, 1.54) is 12.8 Å². The van der Waals surface area contributed by atoms with E-state index in [2.05, 4.69) is 43.0 Å². The summed E-state index contributed by atoms with van der Waals surface area (Å²) in [6, 6.07) is 21.2. The van der Waals surface area contributed by atoms with Gasteiger partial charge in [-0.05, 0) is 60.5 Å². The Morgan fingerprint density at radius 3 is 2.14 bits per heavy atom. The predicted octanol–water partition coefficient (Wildman–Crippen LogP) is 3.29. The first-order valence-electron chi connectivity index (χ1n) is 11.1. The molecule has 2 aromatic carbocycles. The van der Waals surface area contributed by atoms with Gasteiger partial charge < -0.3 is 9.90 Å². The Bertz CT molecular complexity index is 771. The van der Waals surface area contributed by atoms with Crippen molar-refractivity contribution in [2.45, 2.75) is 69.0 Å². The van der Waals surface area contributed by atoms with Gasteiger partial charge in [0.25, 0.3) is 8.32 Å². The van der Waals surface area contributed by atoms with Crippen LogP contribution < -0.4 is 10.4 Å². The fourth-order valence-electron chi connectivity index (χ4n) is 5.95. The van der Waals surface area contributed by atoms with Gasteiger partial charge in [-0.25, -0.2) is 0 Å². The van der Waals surface area contributed by atoms with Gasteiger partial charge in [-0.2, -0.15) is 0 Å². The summed E-state index contributed by atoms with van der Waals surface area (Å²) < 4.78 is 0. The molecule has 4 rings (SSSR count). The first-order valence-corrected chi connectivity index (χ1v) is 13.1. The maximum Gasteiger partial charge on any atom is 0.258 e. The summed E-state index contributed by atoms with van der Waals surface area (Å²) in [6.07, 6.45) is 6.70. The lowest BCUT2D eigenvalue weighted by Gasteiger charge is -2.42. The minimum atomic E-state index is -2.93. The number of aliphatic hydroxyl groups excluding tert-OH is 1. The third kappa shape index (κ3) is 3.50. The standard InChI is InChI=1S/C25H35NO2Si/c1-24(2,17-14-21-15-18-25(20-27)16-9-19-26(21)25)29(28,22-10-5-3-6-11-22)23-12-7-4-8-13-23/h3-8,10-13,21,27-28H,9,14-20H2,1-2H3/t21-,25-/m1/s1. The largest absolute Gasteiger partial charge is 0.424 e. The molecule has 0 aliphatic carbocycles. The molecular formula is C25H35NO2Si. The van der Waals surface area contributed by atoms with Crippen molar-refractivity contribution in [3.05, 3.63) is 60.7 Å². The van der Waals surface area contributed by atoms with Crippen LogP contribution in [-0.2, 0) is 0 Å².